The van der Waals surface area contributed by atoms with E-state index in [1.54, 1.807) is 0 Å². The molecule has 5 heteroatoms. The highest BCUT2D eigenvalue weighted by Gasteiger charge is 2.25. The van der Waals surface area contributed by atoms with Crippen LogP contribution in [0.3, 0.4) is 0 Å². The first-order chi connectivity index (χ1) is 11.8. The van der Waals surface area contributed by atoms with Crippen LogP contribution in [0, 0.1) is 32.6 Å². The van der Waals surface area contributed by atoms with Gasteiger partial charge in [0.15, 0.2) is 5.65 Å². The van der Waals surface area contributed by atoms with Crippen LogP contribution < -0.4 is 0 Å². The fourth-order valence-corrected chi connectivity index (χ4v) is 4.49. The zero-order valence-corrected chi connectivity index (χ0v) is 16.4. The third kappa shape index (κ3) is 3.42. The number of carbonyl (C=O) groups is 1. The van der Waals surface area contributed by atoms with Gasteiger partial charge in [0.2, 0.25) is 5.91 Å². The summed E-state index contributed by atoms with van der Waals surface area (Å²) in [6.07, 6.45) is 2.55. The SMILES string of the molecule is Cc1nc2c(c(C)nn2C)c(C)c1CCC(=O)N1C[C@H](C)C[C@H](C)C1. The molecule has 136 valence electrons. The number of aromatic nitrogens is 3. The predicted octanol–water partition coefficient (Wildman–Crippen LogP) is 3.33. The van der Waals surface area contributed by atoms with Crippen molar-refractivity contribution < 1.29 is 4.79 Å². The fourth-order valence-electron chi connectivity index (χ4n) is 4.49. The molecular formula is C20H30N4O. The van der Waals surface area contributed by atoms with Crippen molar-refractivity contribution in [1.82, 2.24) is 19.7 Å². The van der Waals surface area contributed by atoms with E-state index in [-0.39, 0.29) is 5.91 Å². The lowest BCUT2D eigenvalue weighted by Crippen LogP contribution is -2.42. The minimum absolute atomic E-state index is 0.278. The summed E-state index contributed by atoms with van der Waals surface area (Å²) in [6.45, 7) is 12.5. The monoisotopic (exact) mass is 342 g/mol. The maximum atomic E-state index is 12.7. The quantitative estimate of drug-likeness (QED) is 0.860. The number of nitrogens with zero attached hydrogens (tertiary/aromatic N) is 4. The first kappa shape index (κ1) is 17.9. The molecule has 0 unspecified atom stereocenters. The molecule has 0 spiro atoms. The molecule has 1 saturated heterocycles. The van der Waals surface area contributed by atoms with Gasteiger partial charge in [0.05, 0.1) is 5.69 Å². The Morgan fingerprint density at radius 1 is 1.12 bits per heavy atom. The van der Waals surface area contributed by atoms with Crippen LogP contribution in [0.5, 0.6) is 0 Å². The highest BCUT2D eigenvalue weighted by Crippen LogP contribution is 2.27. The lowest BCUT2D eigenvalue weighted by atomic mass is 9.91. The molecule has 0 bridgehead atoms. The summed E-state index contributed by atoms with van der Waals surface area (Å²) in [6, 6.07) is 0. The standard InChI is InChI=1S/C20H30N4O/c1-12-9-13(2)11-24(10-12)18(25)8-7-17-14(3)19-16(5)22-23(6)20(19)21-15(17)4/h12-13H,7-11H2,1-6H3/t12-,13+. The van der Waals surface area contributed by atoms with E-state index in [0.29, 0.717) is 18.3 Å². The Morgan fingerprint density at radius 3 is 2.40 bits per heavy atom. The van der Waals surface area contributed by atoms with E-state index in [4.69, 9.17) is 4.98 Å². The Hall–Kier alpha value is -1.91. The summed E-state index contributed by atoms with van der Waals surface area (Å²) >= 11 is 0. The van der Waals surface area contributed by atoms with Crippen molar-refractivity contribution in [3.05, 3.63) is 22.5 Å². The van der Waals surface area contributed by atoms with Crippen LogP contribution in [-0.4, -0.2) is 38.7 Å². The number of piperidine rings is 1. The molecule has 25 heavy (non-hydrogen) atoms. The van der Waals surface area contributed by atoms with Crippen LogP contribution in [-0.2, 0) is 18.3 Å². The van der Waals surface area contributed by atoms with Gasteiger partial charge in [0, 0.05) is 37.6 Å². The molecule has 1 aliphatic heterocycles. The summed E-state index contributed by atoms with van der Waals surface area (Å²) in [4.78, 5) is 19.5. The molecule has 2 atom stereocenters. The van der Waals surface area contributed by atoms with E-state index in [2.05, 4.69) is 30.8 Å². The lowest BCUT2D eigenvalue weighted by Gasteiger charge is -2.35. The molecule has 0 radical (unpaired) electrons. The molecule has 2 aromatic heterocycles. The van der Waals surface area contributed by atoms with Gasteiger partial charge in [-0.25, -0.2) is 4.98 Å². The minimum Gasteiger partial charge on any atom is -0.342 e. The summed E-state index contributed by atoms with van der Waals surface area (Å²) in [5.74, 6) is 1.49. The average Bonchev–Trinajstić information content (AvgIpc) is 2.80. The molecule has 2 aromatic rings. The number of pyridine rings is 1. The molecule has 0 aliphatic carbocycles. The minimum atomic E-state index is 0.278. The highest BCUT2D eigenvalue weighted by molar-refractivity contribution is 5.84. The molecule has 3 rings (SSSR count). The molecule has 0 saturated carbocycles. The lowest BCUT2D eigenvalue weighted by molar-refractivity contribution is -0.133. The molecule has 0 aromatic carbocycles. The Labute approximate surface area is 150 Å². The van der Waals surface area contributed by atoms with Gasteiger partial charge in [-0.1, -0.05) is 13.8 Å². The van der Waals surface area contributed by atoms with Crippen LogP contribution in [0.4, 0.5) is 0 Å². The molecule has 0 N–H and O–H groups in total. The van der Waals surface area contributed by atoms with Crippen molar-refractivity contribution in [1.29, 1.82) is 0 Å². The van der Waals surface area contributed by atoms with Gasteiger partial charge >= 0.3 is 0 Å². The maximum Gasteiger partial charge on any atom is 0.222 e. The van der Waals surface area contributed by atoms with Gasteiger partial charge in [-0.05, 0) is 56.6 Å². The number of amides is 1. The first-order valence-corrected chi connectivity index (χ1v) is 9.35. The van der Waals surface area contributed by atoms with Gasteiger partial charge in [-0.15, -0.1) is 0 Å². The van der Waals surface area contributed by atoms with Gasteiger partial charge < -0.3 is 4.90 Å². The summed E-state index contributed by atoms with van der Waals surface area (Å²) in [7, 11) is 1.93. The maximum absolute atomic E-state index is 12.7. The number of carbonyl (C=O) groups excluding carboxylic acids is 1. The average molecular weight is 342 g/mol. The van der Waals surface area contributed by atoms with Crippen molar-refractivity contribution in [2.45, 2.75) is 53.9 Å². The summed E-state index contributed by atoms with van der Waals surface area (Å²) in [5.41, 5.74) is 5.38. The summed E-state index contributed by atoms with van der Waals surface area (Å²) in [5, 5.41) is 5.63. The smallest absolute Gasteiger partial charge is 0.222 e. The first-order valence-electron chi connectivity index (χ1n) is 9.35. The normalized spacial score (nSPS) is 21.1. The molecule has 1 amide bonds. The number of fused-ring (bicyclic) bond motifs is 1. The van der Waals surface area contributed by atoms with Crippen molar-refractivity contribution in [3.63, 3.8) is 0 Å². The molecule has 1 fully saturated rings. The van der Waals surface area contributed by atoms with Gasteiger partial charge in [-0.2, -0.15) is 5.10 Å². The molecular weight excluding hydrogens is 312 g/mol. The number of hydrogen-bond acceptors (Lipinski definition) is 3. The van der Waals surface area contributed by atoms with E-state index >= 15 is 0 Å². The number of aryl methyl sites for hydroxylation is 4. The second kappa shape index (κ2) is 6.77. The Bertz CT molecular complexity index is 798. The van der Waals surface area contributed by atoms with Gasteiger partial charge in [-0.3, -0.25) is 9.48 Å². The molecule has 3 heterocycles. The number of hydrogen-bond donors (Lipinski definition) is 0. The van der Waals surface area contributed by atoms with E-state index in [9.17, 15) is 4.79 Å². The Morgan fingerprint density at radius 2 is 1.76 bits per heavy atom. The number of likely N-dealkylation sites (tertiary alicyclic amines) is 1. The largest absolute Gasteiger partial charge is 0.342 e. The van der Waals surface area contributed by atoms with Crippen molar-refractivity contribution >= 4 is 16.9 Å². The topological polar surface area (TPSA) is 51.0 Å². The van der Waals surface area contributed by atoms with Crippen LogP contribution in [0.1, 0.15) is 49.2 Å². The zero-order valence-electron chi connectivity index (χ0n) is 16.4. The van der Waals surface area contributed by atoms with Crippen LogP contribution in [0.2, 0.25) is 0 Å². The van der Waals surface area contributed by atoms with Crippen molar-refractivity contribution in [3.8, 4) is 0 Å². The second-order valence-electron chi connectivity index (χ2n) is 7.95. The van der Waals surface area contributed by atoms with E-state index < -0.39 is 0 Å². The second-order valence-corrected chi connectivity index (χ2v) is 7.95. The number of rotatable bonds is 3. The third-order valence-electron chi connectivity index (χ3n) is 5.54. The van der Waals surface area contributed by atoms with Crippen LogP contribution in [0.15, 0.2) is 0 Å². The highest BCUT2D eigenvalue weighted by atomic mass is 16.2. The van der Waals surface area contributed by atoms with Gasteiger partial charge in [0.1, 0.15) is 0 Å². The summed E-state index contributed by atoms with van der Waals surface area (Å²) < 4.78 is 1.84. The van der Waals surface area contributed by atoms with E-state index in [1.165, 1.54) is 17.5 Å². The predicted molar refractivity (Wildman–Crippen MR) is 101 cm³/mol. The Kier molecular flexibility index (Phi) is 4.85. The Balaban J connectivity index is 1.79. The van der Waals surface area contributed by atoms with Gasteiger partial charge in [0.25, 0.3) is 0 Å². The fraction of sp³-hybridized carbons (Fsp3) is 0.650. The van der Waals surface area contributed by atoms with E-state index in [1.807, 2.05) is 25.6 Å². The molecule has 5 nitrogen and oxygen atoms in total. The third-order valence-corrected chi connectivity index (χ3v) is 5.54. The van der Waals surface area contributed by atoms with Crippen molar-refractivity contribution in [2.24, 2.45) is 18.9 Å². The molecule has 1 aliphatic rings. The van der Waals surface area contributed by atoms with E-state index in [0.717, 1.165) is 41.9 Å². The zero-order chi connectivity index (χ0) is 18.3. The van der Waals surface area contributed by atoms with Crippen LogP contribution in [0.25, 0.3) is 11.0 Å². The van der Waals surface area contributed by atoms with Crippen molar-refractivity contribution in [2.75, 3.05) is 13.1 Å². The van der Waals surface area contributed by atoms with Crippen LogP contribution >= 0.6 is 0 Å².